The number of halogens is 1. The Morgan fingerprint density at radius 3 is 2.60 bits per heavy atom. The standard InChI is InChI=1S/C13H13BrN2O4/c1-2-8-7-9(14)3-4-10(8)15-13(20)16-11(17)5-6-12(18)19/h3-7H,2H2,1H3,(H,18,19)(H2,15,16,17,20)/b6-5+. The van der Waals surface area contributed by atoms with Crippen LogP contribution in [0.15, 0.2) is 34.8 Å². The van der Waals surface area contributed by atoms with Crippen LogP contribution < -0.4 is 10.6 Å². The van der Waals surface area contributed by atoms with Crippen LogP contribution in [0.5, 0.6) is 0 Å². The molecule has 6 nitrogen and oxygen atoms in total. The predicted octanol–water partition coefficient (Wildman–Crippen LogP) is 2.30. The minimum absolute atomic E-state index is 0.586. The van der Waals surface area contributed by atoms with Gasteiger partial charge < -0.3 is 10.4 Å². The third kappa shape index (κ3) is 5.23. The molecule has 0 aromatic heterocycles. The maximum absolute atomic E-state index is 11.6. The molecule has 7 heteroatoms. The van der Waals surface area contributed by atoms with Gasteiger partial charge in [0, 0.05) is 22.3 Å². The van der Waals surface area contributed by atoms with Crippen LogP contribution in [0, 0.1) is 0 Å². The van der Waals surface area contributed by atoms with Gasteiger partial charge in [0.2, 0.25) is 0 Å². The number of hydrogen-bond donors (Lipinski definition) is 3. The normalized spacial score (nSPS) is 10.3. The molecule has 0 atom stereocenters. The maximum Gasteiger partial charge on any atom is 0.328 e. The minimum atomic E-state index is -1.26. The number of hydrogen-bond acceptors (Lipinski definition) is 3. The fraction of sp³-hybridized carbons (Fsp3) is 0.154. The highest BCUT2D eigenvalue weighted by Gasteiger charge is 2.08. The lowest BCUT2D eigenvalue weighted by Crippen LogP contribution is -2.33. The highest BCUT2D eigenvalue weighted by molar-refractivity contribution is 9.10. The van der Waals surface area contributed by atoms with Gasteiger partial charge in [-0.25, -0.2) is 9.59 Å². The van der Waals surface area contributed by atoms with Crippen molar-refractivity contribution < 1.29 is 19.5 Å². The van der Waals surface area contributed by atoms with Gasteiger partial charge in [-0.15, -0.1) is 0 Å². The van der Waals surface area contributed by atoms with Gasteiger partial charge in [0.25, 0.3) is 5.91 Å². The molecule has 0 saturated heterocycles. The van der Waals surface area contributed by atoms with Crippen LogP contribution in [0.3, 0.4) is 0 Å². The first-order valence-electron chi connectivity index (χ1n) is 5.73. The van der Waals surface area contributed by atoms with Crippen LogP contribution in [0.1, 0.15) is 12.5 Å². The van der Waals surface area contributed by atoms with Gasteiger partial charge >= 0.3 is 12.0 Å². The van der Waals surface area contributed by atoms with Crippen molar-refractivity contribution in [2.45, 2.75) is 13.3 Å². The lowest BCUT2D eigenvalue weighted by Gasteiger charge is -2.10. The minimum Gasteiger partial charge on any atom is -0.478 e. The van der Waals surface area contributed by atoms with Crippen molar-refractivity contribution in [3.8, 4) is 0 Å². The number of aryl methyl sites for hydroxylation is 1. The number of nitrogens with one attached hydrogen (secondary N) is 2. The van der Waals surface area contributed by atoms with Gasteiger partial charge in [-0.1, -0.05) is 22.9 Å². The average molecular weight is 341 g/mol. The van der Waals surface area contributed by atoms with E-state index in [1.165, 1.54) is 0 Å². The smallest absolute Gasteiger partial charge is 0.328 e. The number of carbonyl (C=O) groups excluding carboxylic acids is 2. The summed E-state index contributed by atoms with van der Waals surface area (Å²) < 4.78 is 0.890. The molecule has 0 saturated carbocycles. The molecule has 106 valence electrons. The SMILES string of the molecule is CCc1cc(Br)ccc1NC(=O)NC(=O)/C=C/C(=O)O. The van der Waals surface area contributed by atoms with Crippen LogP contribution >= 0.6 is 15.9 Å². The quantitative estimate of drug-likeness (QED) is 0.733. The number of aliphatic carboxylic acids is 1. The van der Waals surface area contributed by atoms with E-state index in [0.717, 1.165) is 16.1 Å². The van der Waals surface area contributed by atoms with Gasteiger partial charge in [0.15, 0.2) is 0 Å². The summed E-state index contributed by atoms with van der Waals surface area (Å²) in [6, 6.07) is 4.62. The Kier molecular flexibility index (Phi) is 5.92. The summed E-state index contributed by atoms with van der Waals surface area (Å²) in [6.45, 7) is 1.94. The number of carbonyl (C=O) groups is 3. The van der Waals surface area contributed by atoms with E-state index < -0.39 is 17.9 Å². The zero-order valence-electron chi connectivity index (χ0n) is 10.6. The monoisotopic (exact) mass is 340 g/mol. The second kappa shape index (κ2) is 7.44. The summed E-state index contributed by atoms with van der Waals surface area (Å²) in [5, 5.41) is 12.9. The van der Waals surface area contributed by atoms with Crippen molar-refractivity contribution in [3.05, 3.63) is 40.4 Å². The summed E-state index contributed by atoms with van der Waals surface area (Å²) in [5.41, 5.74) is 1.49. The molecule has 0 radical (unpaired) electrons. The molecule has 0 heterocycles. The lowest BCUT2D eigenvalue weighted by atomic mass is 10.1. The molecule has 0 aliphatic rings. The molecule has 0 spiro atoms. The Morgan fingerprint density at radius 1 is 1.30 bits per heavy atom. The zero-order chi connectivity index (χ0) is 15.1. The van der Waals surface area contributed by atoms with E-state index >= 15 is 0 Å². The summed E-state index contributed by atoms with van der Waals surface area (Å²) in [5.74, 6) is -2.07. The third-order valence-electron chi connectivity index (χ3n) is 2.31. The van der Waals surface area contributed by atoms with E-state index in [2.05, 4.69) is 21.2 Å². The first kappa shape index (κ1) is 15.9. The Morgan fingerprint density at radius 2 is 2.00 bits per heavy atom. The fourth-order valence-electron chi connectivity index (χ4n) is 1.43. The van der Waals surface area contributed by atoms with Gasteiger partial charge in [0.1, 0.15) is 0 Å². The van der Waals surface area contributed by atoms with Crippen molar-refractivity contribution in [2.75, 3.05) is 5.32 Å². The summed E-state index contributed by atoms with van der Waals surface area (Å²) in [6.07, 6.45) is 2.13. The van der Waals surface area contributed by atoms with E-state index in [1.54, 1.807) is 12.1 Å². The van der Waals surface area contributed by atoms with Crippen molar-refractivity contribution in [2.24, 2.45) is 0 Å². The number of imide groups is 1. The van der Waals surface area contributed by atoms with Crippen LogP contribution in [0.2, 0.25) is 0 Å². The highest BCUT2D eigenvalue weighted by atomic mass is 79.9. The van der Waals surface area contributed by atoms with Gasteiger partial charge in [-0.3, -0.25) is 10.1 Å². The Balaban J connectivity index is 2.67. The number of rotatable bonds is 4. The fourth-order valence-corrected chi connectivity index (χ4v) is 1.84. The van der Waals surface area contributed by atoms with Crippen molar-refractivity contribution in [1.29, 1.82) is 0 Å². The number of carboxylic acid groups (broad SMARTS) is 1. The number of benzene rings is 1. The second-order valence-electron chi connectivity index (χ2n) is 3.77. The second-order valence-corrected chi connectivity index (χ2v) is 4.69. The first-order chi connectivity index (χ1) is 9.42. The van der Waals surface area contributed by atoms with Gasteiger partial charge in [-0.2, -0.15) is 0 Å². The van der Waals surface area contributed by atoms with E-state index in [0.29, 0.717) is 18.2 Å². The van der Waals surface area contributed by atoms with Crippen LogP contribution in [0.25, 0.3) is 0 Å². The third-order valence-corrected chi connectivity index (χ3v) is 2.80. The highest BCUT2D eigenvalue weighted by Crippen LogP contribution is 2.21. The summed E-state index contributed by atoms with van der Waals surface area (Å²) in [7, 11) is 0. The molecule has 0 aliphatic heterocycles. The molecule has 0 unspecified atom stereocenters. The van der Waals surface area contributed by atoms with E-state index in [-0.39, 0.29) is 0 Å². The Labute approximate surface area is 124 Å². The molecule has 3 amide bonds. The van der Waals surface area contributed by atoms with Crippen LogP contribution in [-0.4, -0.2) is 23.0 Å². The van der Waals surface area contributed by atoms with Crippen LogP contribution in [0.4, 0.5) is 10.5 Å². The summed E-state index contributed by atoms with van der Waals surface area (Å²) in [4.78, 5) is 33.0. The zero-order valence-corrected chi connectivity index (χ0v) is 12.2. The molecule has 0 bridgehead atoms. The van der Waals surface area contributed by atoms with E-state index in [1.807, 2.05) is 18.3 Å². The summed E-state index contributed by atoms with van der Waals surface area (Å²) >= 11 is 3.33. The molecule has 1 aromatic carbocycles. The first-order valence-corrected chi connectivity index (χ1v) is 6.53. The molecular formula is C13H13BrN2O4. The van der Waals surface area contributed by atoms with E-state index in [4.69, 9.17) is 5.11 Å². The molecule has 0 aliphatic carbocycles. The predicted molar refractivity (Wildman–Crippen MR) is 77.5 cm³/mol. The number of anilines is 1. The van der Waals surface area contributed by atoms with Gasteiger partial charge in [0.05, 0.1) is 0 Å². The number of urea groups is 1. The Bertz CT molecular complexity index is 569. The molecule has 1 aromatic rings. The molecule has 20 heavy (non-hydrogen) atoms. The molecule has 3 N–H and O–H groups in total. The largest absolute Gasteiger partial charge is 0.478 e. The maximum atomic E-state index is 11.6. The van der Waals surface area contributed by atoms with Crippen molar-refractivity contribution in [1.82, 2.24) is 5.32 Å². The van der Waals surface area contributed by atoms with Crippen molar-refractivity contribution in [3.63, 3.8) is 0 Å². The van der Waals surface area contributed by atoms with Crippen LogP contribution in [-0.2, 0) is 16.0 Å². The Hall–Kier alpha value is -2.15. The van der Waals surface area contributed by atoms with Gasteiger partial charge in [-0.05, 0) is 30.2 Å². The number of amides is 3. The molecule has 0 fully saturated rings. The van der Waals surface area contributed by atoms with E-state index in [9.17, 15) is 14.4 Å². The molecular weight excluding hydrogens is 328 g/mol. The number of carboxylic acids is 1. The topological polar surface area (TPSA) is 95.5 Å². The lowest BCUT2D eigenvalue weighted by molar-refractivity contribution is -0.131. The average Bonchev–Trinajstić information content (AvgIpc) is 2.38. The van der Waals surface area contributed by atoms with Crippen molar-refractivity contribution >= 4 is 39.5 Å². The molecule has 1 rings (SSSR count).